The summed E-state index contributed by atoms with van der Waals surface area (Å²) in [6.07, 6.45) is 0.343. The first kappa shape index (κ1) is 12.9. The number of carbonyl (C=O) groups excluding carboxylic acids is 1. The second-order valence-corrected chi connectivity index (χ2v) is 4.78. The molecule has 0 N–H and O–H groups in total. The second-order valence-electron chi connectivity index (χ2n) is 4.39. The molecule has 0 aliphatic carbocycles. The van der Waals surface area contributed by atoms with Crippen LogP contribution in [0.3, 0.4) is 0 Å². The highest BCUT2D eigenvalue weighted by molar-refractivity contribution is 6.29. The summed E-state index contributed by atoms with van der Waals surface area (Å²) >= 11 is 5.72. The van der Waals surface area contributed by atoms with Crippen LogP contribution in [0, 0.1) is 0 Å². The summed E-state index contributed by atoms with van der Waals surface area (Å²) in [5, 5.41) is 8.12. The average molecular weight is 290 g/mol. The Labute approximate surface area is 121 Å². The number of nitrogens with zero attached hydrogens (tertiary/aromatic N) is 3. The highest BCUT2D eigenvalue weighted by Gasteiger charge is 2.23. The van der Waals surface area contributed by atoms with Crippen LogP contribution >= 0.6 is 11.6 Å². The Morgan fingerprint density at radius 3 is 2.85 bits per heavy atom. The van der Waals surface area contributed by atoms with Crippen molar-refractivity contribution in [1.29, 1.82) is 0 Å². The third-order valence-electron chi connectivity index (χ3n) is 3.04. The summed E-state index contributed by atoms with van der Waals surface area (Å²) in [7, 11) is 0. The van der Waals surface area contributed by atoms with Crippen LogP contribution in [0.2, 0.25) is 5.15 Å². The topological polar surface area (TPSA) is 55.3 Å². The lowest BCUT2D eigenvalue weighted by molar-refractivity contribution is -0.118. The Morgan fingerprint density at radius 2 is 2.05 bits per heavy atom. The number of ether oxygens (including phenoxy) is 1. The fourth-order valence-corrected chi connectivity index (χ4v) is 2.18. The zero-order valence-corrected chi connectivity index (χ0v) is 11.4. The Balaban J connectivity index is 1.94. The summed E-state index contributed by atoms with van der Waals surface area (Å²) in [5.74, 6) is 0.715. The summed E-state index contributed by atoms with van der Waals surface area (Å²) in [6, 6.07) is 10.9. The minimum absolute atomic E-state index is 0.00620. The molecule has 1 aliphatic rings. The fraction of sp³-hybridized carbons (Fsp3) is 0.214. The largest absolute Gasteiger partial charge is 0.491 e. The number of fused-ring (bicyclic) bond motifs is 1. The molecule has 0 fully saturated rings. The van der Waals surface area contributed by atoms with Gasteiger partial charge >= 0.3 is 0 Å². The lowest BCUT2D eigenvalue weighted by atomic mass is 10.2. The number of hydrogen-bond donors (Lipinski definition) is 0. The third-order valence-corrected chi connectivity index (χ3v) is 3.24. The van der Waals surface area contributed by atoms with Gasteiger partial charge < -0.3 is 9.64 Å². The van der Waals surface area contributed by atoms with Crippen molar-refractivity contribution in [1.82, 2.24) is 10.2 Å². The molecule has 0 saturated carbocycles. The fourth-order valence-electron chi connectivity index (χ4n) is 2.08. The molecular formula is C14H12ClN3O2. The minimum atomic E-state index is 0.00620. The van der Waals surface area contributed by atoms with Crippen LogP contribution < -0.4 is 9.64 Å². The van der Waals surface area contributed by atoms with Gasteiger partial charge in [-0.05, 0) is 24.3 Å². The highest BCUT2D eigenvalue weighted by Crippen LogP contribution is 2.31. The molecule has 5 nitrogen and oxygen atoms in total. The van der Waals surface area contributed by atoms with E-state index in [1.807, 2.05) is 24.3 Å². The van der Waals surface area contributed by atoms with Gasteiger partial charge in [-0.15, -0.1) is 5.10 Å². The van der Waals surface area contributed by atoms with Gasteiger partial charge in [-0.1, -0.05) is 23.7 Å². The molecule has 2 aromatic rings. The number of anilines is 1. The molecule has 0 atom stereocenters. The number of rotatable bonds is 2. The van der Waals surface area contributed by atoms with Gasteiger partial charge in [0, 0.05) is 0 Å². The van der Waals surface area contributed by atoms with Crippen LogP contribution in [-0.2, 0) is 11.3 Å². The summed E-state index contributed by atoms with van der Waals surface area (Å²) in [6.45, 7) is 0.738. The van der Waals surface area contributed by atoms with Gasteiger partial charge in [0.1, 0.15) is 5.75 Å². The van der Waals surface area contributed by atoms with Crippen LogP contribution in [-0.4, -0.2) is 22.7 Å². The molecule has 1 aromatic heterocycles. The van der Waals surface area contributed by atoms with E-state index in [9.17, 15) is 4.79 Å². The Hall–Kier alpha value is -2.14. The maximum Gasteiger partial charge on any atom is 0.230 e. The molecule has 2 heterocycles. The van der Waals surface area contributed by atoms with Gasteiger partial charge in [0.15, 0.2) is 5.15 Å². The standard InChI is InChI=1S/C14H12ClN3O2/c15-13-6-5-10(16-17-13)9-18-11-3-1-2-4-12(11)20-8-7-14(18)19/h1-6H,7-9H2. The van der Waals surface area contributed by atoms with E-state index in [1.54, 1.807) is 17.0 Å². The Morgan fingerprint density at radius 1 is 1.20 bits per heavy atom. The van der Waals surface area contributed by atoms with Crippen molar-refractivity contribution < 1.29 is 9.53 Å². The lowest BCUT2D eigenvalue weighted by Crippen LogP contribution is -2.30. The molecule has 1 amide bonds. The third kappa shape index (κ3) is 2.58. The average Bonchev–Trinajstić information content (AvgIpc) is 2.62. The van der Waals surface area contributed by atoms with Gasteiger partial charge in [-0.3, -0.25) is 4.79 Å². The van der Waals surface area contributed by atoms with E-state index in [-0.39, 0.29) is 5.91 Å². The molecule has 1 aliphatic heterocycles. The summed E-state index contributed by atoms with van der Waals surface area (Å²) in [5.41, 5.74) is 1.44. The smallest absolute Gasteiger partial charge is 0.230 e. The number of halogens is 1. The van der Waals surface area contributed by atoms with Crippen molar-refractivity contribution >= 4 is 23.2 Å². The Bertz CT molecular complexity index is 631. The van der Waals surface area contributed by atoms with E-state index in [0.717, 1.165) is 5.69 Å². The van der Waals surface area contributed by atoms with Crippen LogP contribution in [0.4, 0.5) is 5.69 Å². The number of aromatic nitrogens is 2. The number of amides is 1. The van der Waals surface area contributed by atoms with E-state index in [0.29, 0.717) is 36.2 Å². The molecular weight excluding hydrogens is 278 g/mol. The van der Waals surface area contributed by atoms with E-state index >= 15 is 0 Å². The van der Waals surface area contributed by atoms with Crippen molar-refractivity contribution in [3.8, 4) is 5.75 Å². The second kappa shape index (κ2) is 5.46. The maximum absolute atomic E-state index is 12.2. The number of para-hydroxylation sites is 2. The minimum Gasteiger partial charge on any atom is -0.491 e. The molecule has 1 aromatic carbocycles. The number of carbonyl (C=O) groups is 1. The van der Waals surface area contributed by atoms with Crippen LogP contribution in [0.25, 0.3) is 0 Å². The number of hydrogen-bond acceptors (Lipinski definition) is 4. The van der Waals surface area contributed by atoms with Gasteiger partial charge in [0.2, 0.25) is 5.91 Å². The summed E-state index contributed by atoms with van der Waals surface area (Å²) < 4.78 is 5.59. The summed E-state index contributed by atoms with van der Waals surface area (Å²) in [4.78, 5) is 13.9. The van der Waals surface area contributed by atoms with E-state index in [4.69, 9.17) is 16.3 Å². The number of benzene rings is 1. The first-order valence-electron chi connectivity index (χ1n) is 6.24. The molecule has 0 saturated heterocycles. The lowest BCUT2D eigenvalue weighted by Gasteiger charge is -2.21. The van der Waals surface area contributed by atoms with Crippen LogP contribution in [0.5, 0.6) is 5.75 Å². The van der Waals surface area contributed by atoms with Gasteiger partial charge in [0.05, 0.1) is 31.0 Å². The molecule has 20 heavy (non-hydrogen) atoms. The van der Waals surface area contributed by atoms with Gasteiger partial charge in [0.25, 0.3) is 0 Å². The van der Waals surface area contributed by atoms with Gasteiger partial charge in [-0.25, -0.2) is 0 Å². The first-order valence-corrected chi connectivity index (χ1v) is 6.62. The first-order chi connectivity index (χ1) is 9.74. The quantitative estimate of drug-likeness (QED) is 0.852. The van der Waals surface area contributed by atoms with E-state index in [2.05, 4.69) is 10.2 Å². The Kier molecular flexibility index (Phi) is 3.52. The molecule has 0 radical (unpaired) electrons. The zero-order chi connectivity index (χ0) is 13.9. The van der Waals surface area contributed by atoms with Gasteiger partial charge in [-0.2, -0.15) is 5.10 Å². The van der Waals surface area contributed by atoms with Crippen molar-refractivity contribution in [2.45, 2.75) is 13.0 Å². The monoisotopic (exact) mass is 289 g/mol. The van der Waals surface area contributed by atoms with Crippen LogP contribution in [0.15, 0.2) is 36.4 Å². The molecule has 0 bridgehead atoms. The molecule has 6 heteroatoms. The van der Waals surface area contributed by atoms with Crippen molar-refractivity contribution in [2.24, 2.45) is 0 Å². The zero-order valence-electron chi connectivity index (χ0n) is 10.6. The molecule has 3 rings (SSSR count). The molecule has 0 spiro atoms. The highest BCUT2D eigenvalue weighted by atomic mass is 35.5. The van der Waals surface area contributed by atoms with E-state index in [1.165, 1.54) is 0 Å². The maximum atomic E-state index is 12.2. The normalized spacial score (nSPS) is 14.4. The SMILES string of the molecule is O=C1CCOc2ccccc2N1Cc1ccc(Cl)nn1. The predicted octanol–water partition coefficient (Wildman–Crippen LogP) is 2.45. The van der Waals surface area contributed by atoms with Crippen molar-refractivity contribution in [3.63, 3.8) is 0 Å². The van der Waals surface area contributed by atoms with Crippen molar-refractivity contribution in [2.75, 3.05) is 11.5 Å². The molecule has 102 valence electrons. The van der Waals surface area contributed by atoms with Crippen LogP contribution in [0.1, 0.15) is 12.1 Å². The predicted molar refractivity (Wildman–Crippen MR) is 74.8 cm³/mol. The van der Waals surface area contributed by atoms with Crippen molar-refractivity contribution in [3.05, 3.63) is 47.2 Å². The van der Waals surface area contributed by atoms with E-state index < -0.39 is 0 Å². The molecule has 0 unspecified atom stereocenters.